The second-order valence-corrected chi connectivity index (χ2v) is 6.32. The van der Waals surface area contributed by atoms with E-state index >= 15 is 0 Å². The molecule has 0 radical (unpaired) electrons. The quantitative estimate of drug-likeness (QED) is 0.723. The van der Waals surface area contributed by atoms with Crippen LogP contribution in [0.4, 0.5) is 0 Å². The lowest BCUT2D eigenvalue weighted by molar-refractivity contribution is 0.456. The molecule has 0 rings (SSSR count). The molecule has 0 bridgehead atoms. The Hall–Kier alpha value is -0.530. The van der Waals surface area contributed by atoms with Crippen molar-refractivity contribution in [3.8, 4) is 12.3 Å². The Labute approximate surface area is 87.3 Å². The molecule has 0 aromatic carbocycles. The molecule has 3 nitrogen and oxygen atoms in total. The topological polar surface area (TPSA) is 46.2 Å². The first-order chi connectivity index (χ1) is 6.20. The zero-order valence-corrected chi connectivity index (χ0v) is 10.1. The molecule has 0 amide bonds. The van der Waals surface area contributed by atoms with Crippen molar-refractivity contribution in [3.05, 3.63) is 0 Å². The third-order valence-electron chi connectivity index (χ3n) is 1.55. The molecule has 0 aliphatic carbocycles. The van der Waals surface area contributed by atoms with Crippen molar-refractivity contribution in [1.82, 2.24) is 4.72 Å². The largest absolute Gasteiger partial charge is 0.213 e. The van der Waals surface area contributed by atoms with Crippen LogP contribution >= 0.6 is 0 Å². The van der Waals surface area contributed by atoms with E-state index in [-0.39, 0.29) is 17.2 Å². The van der Waals surface area contributed by atoms with Gasteiger partial charge < -0.3 is 0 Å². The van der Waals surface area contributed by atoms with Gasteiger partial charge in [0.15, 0.2) is 0 Å². The number of hydrogen-bond donors (Lipinski definition) is 1. The second-order valence-electron chi connectivity index (χ2n) is 4.57. The maximum atomic E-state index is 11.6. The number of hydrogen-bond acceptors (Lipinski definition) is 2. The van der Waals surface area contributed by atoms with Gasteiger partial charge in [0.2, 0.25) is 10.0 Å². The molecule has 0 heterocycles. The van der Waals surface area contributed by atoms with Crippen LogP contribution < -0.4 is 4.72 Å². The Bertz CT molecular complexity index is 306. The summed E-state index contributed by atoms with van der Waals surface area (Å²) < 4.78 is 25.6. The highest BCUT2D eigenvalue weighted by Crippen LogP contribution is 2.15. The van der Waals surface area contributed by atoms with Crippen molar-refractivity contribution in [1.29, 1.82) is 0 Å². The fourth-order valence-corrected chi connectivity index (χ4v) is 2.96. The number of nitrogens with one attached hydrogen (secondary N) is 1. The zero-order chi connectivity index (χ0) is 11.4. The van der Waals surface area contributed by atoms with Gasteiger partial charge >= 0.3 is 0 Å². The average molecular weight is 217 g/mol. The molecular weight excluding hydrogens is 198 g/mol. The summed E-state index contributed by atoms with van der Waals surface area (Å²) in [7, 11) is -3.26. The summed E-state index contributed by atoms with van der Waals surface area (Å²) >= 11 is 0. The van der Waals surface area contributed by atoms with Crippen LogP contribution in [0.1, 0.15) is 34.1 Å². The zero-order valence-electron chi connectivity index (χ0n) is 9.29. The van der Waals surface area contributed by atoms with Crippen LogP contribution in [0.25, 0.3) is 0 Å². The Balaban J connectivity index is 4.45. The number of rotatable bonds is 4. The first-order valence-corrected chi connectivity index (χ1v) is 6.31. The minimum Gasteiger partial charge on any atom is -0.212 e. The van der Waals surface area contributed by atoms with Crippen molar-refractivity contribution in [3.63, 3.8) is 0 Å². The lowest BCUT2D eigenvalue weighted by atomic mass is 10.0. The van der Waals surface area contributed by atoms with Gasteiger partial charge in [0.25, 0.3) is 0 Å². The minimum absolute atomic E-state index is 0.0954. The molecule has 0 fully saturated rings. The lowest BCUT2D eigenvalue weighted by Crippen LogP contribution is -2.38. The van der Waals surface area contributed by atoms with Crippen molar-refractivity contribution >= 4 is 10.0 Å². The van der Waals surface area contributed by atoms with Gasteiger partial charge in [-0.2, -0.15) is 0 Å². The van der Waals surface area contributed by atoms with Crippen LogP contribution in [0.3, 0.4) is 0 Å². The van der Waals surface area contributed by atoms with Gasteiger partial charge in [-0.15, -0.1) is 6.42 Å². The fourth-order valence-electron chi connectivity index (χ4n) is 1.06. The van der Waals surface area contributed by atoms with Gasteiger partial charge in [0.1, 0.15) is 0 Å². The van der Waals surface area contributed by atoms with E-state index in [1.807, 2.05) is 27.7 Å². The van der Waals surface area contributed by atoms with E-state index in [4.69, 9.17) is 6.42 Å². The SMILES string of the molecule is C#CC(CC)NS(=O)(=O)CC(C)(C)C. The lowest BCUT2D eigenvalue weighted by Gasteiger charge is -2.19. The summed E-state index contributed by atoms with van der Waals surface area (Å²) in [6.45, 7) is 7.49. The fraction of sp³-hybridized carbons (Fsp3) is 0.800. The molecule has 14 heavy (non-hydrogen) atoms. The van der Waals surface area contributed by atoms with Gasteiger partial charge in [0, 0.05) is 0 Å². The van der Waals surface area contributed by atoms with Crippen LogP contribution in [-0.2, 0) is 10.0 Å². The van der Waals surface area contributed by atoms with Crippen molar-refractivity contribution in [2.75, 3.05) is 5.75 Å². The minimum atomic E-state index is -3.26. The third kappa shape index (κ3) is 6.01. The molecule has 0 saturated heterocycles. The molecule has 4 heteroatoms. The van der Waals surface area contributed by atoms with Gasteiger partial charge in [-0.25, -0.2) is 13.1 Å². The van der Waals surface area contributed by atoms with Crippen LogP contribution in [0.2, 0.25) is 0 Å². The van der Waals surface area contributed by atoms with Crippen molar-refractivity contribution in [2.24, 2.45) is 5.41 Å². The van der Waals surface area contributed by atoms with Crippen LogP contribution in [0.5, 0.6) is 0 Å². The molecule has 0 aromatic heterocycles. The smallest absolute Gasteiger partial charge is 0.212 e. The predicted octanol–water partition coefficient (Wildman–Crippen LogP) is 1.36. The summed E-state index contributed by atoms with van der Waals surface area (Å²) in [5.74, 6) is 2.50. The highest BCUT2D eigenvalue weighted by molar-refractivity contribution is 7.89. The van der Waals surface area contributed by atoms with Gasteiger partial charge in [-0.3, -0.25) is 0 Å². The summed E-state index contributed by atoms with van der Waals surface area (Å²) in [6, 6.07) is -0.387. The normalized spacial score (nSPS) is 14.8. The van der Waals surface area contributed by atoms with Crippen molar-refractivity contribution in [2.45, 2.75) is 40.2 Å². The summed E-state index contributed by atoms with van der Waals surface area (Å²) in [5, 5.41) is 0. The van der Waals surface area contributed by atoms with Gasteiger partial charge in [0.05, 0.1) is 11.8 Å². The molecule has 0 spiro atoms. The van der Waals surface area contributed by atoms with E-state index in [1.54, 1.807) is 0 Å². The van der Waals surface area contributed by atoms with E-state index in [0.29, 0.717) is 6.42 Å². The summed E-state index contributed by atoms with van der Waals surface area (Å²) in [4.78, 5) is 0. The van der Waals surface area contributed by atoms with Crippen molar-refractivity contribution < 1.29 is 8.42 Å². The van der Waals surface area contributed by atoms with E-state index < -0.39 is 10.0 Å². The molecule has 0 saturated carbocycles. The molecule has 1 unspecified atom stereocenters. The monoisotopic (exact) mass is 217 g/mol. The molecule has 0 aromatic rings. The average Bonchev–Trinajstić information content (AvgIpc) is 1.95. The van der Waals surface area contributed by atoms with E-state index in [9.17, 15) is 8.42 Å². The Kier molecular flexibility index (Phi) is 4.63. The standard InChI is InChI=1S/C10H19NO2S/c1-6-9(7-2)11-14(12,13)8-10(3,4)5/h1,9,11H,7-8H2,2-5H3. The summed E-state index contributed by atoms with van der Waals surface area (Å²) in [5.41, 5.74) is -0.251. The number of terminal acetylenes is 1. The maximum absolute atomic E-state index is 11.6. The van der Waals surface area contributed by atoms with Crippen LogP contribution in [0, 0.1) is 17.8 Å². The third-order valence-corrected chi connectivity index (χ3v) is 3.44. The van der Waals surface area contributed by atoms with Gasteiger partial charge in [-0.1, -0.05) is 33.6 Å². The highest BCUT2D eigenvalue weighted by atomic mass is 32.2. The Morgan fingerprint density at radius 2 is 1.93 bits per heavy atom. The maximum Gasteiger partial charge on any atom is 0.213 e. The van der Waals surface area contributed by atoms with Crippen LogP contribution in [-0.4, -0.2) is 20.2 Å². The first-order valence-electron chi connectivity index (χ1n) is 4.66. The van der Waals surface area contributed by atoms with Gasteiger partial charge in [-0.05, 0) is 11.8 Å². The second kappa shape index (κ2) is 4.81. The molecule has 1 N–H and O–H groups in total. The molecule has 1 atom stereocenters. The van der Waals surface area contributed by atoms with E-state index in [1.165, 1.54) is 0 Å². The predicted molar refractivity (Wildman–Crippen MR) is 59.3 cm³/mol. The first kappa shape index (κ1) is 13.5. The molecule has 0 aliphatic rings. The molecular formula is C10H19NO2S. The van der Waals surface area contributed by atoms with E-state index in [2.05, 4.69) is 10.6 Å². The number of sulfonamides is 1. The molecule has 0 aliphatic heterocycles. The Morgan fingerprint density at radius 1 is 1.43 bits per heavy atom. The van der Waals surface area contributed by atoms with Crippen LogP contribution in [0.15, 0.2) is 0 Å². The van der Waals surface area contributed by atoms with E-state index in [0.717, 1.165) is 0 Å². The Morgan fingerprint density at radius 3 is 2.21 bits per heavy atom. The highest BCUT2D eigenvalue weighted by Gasteiger charge is 2.22. The molecule has 82 valence electrons. The summed E-state index contributed by atoms with van der Waals surface area (Å²) in [6.07, 6.45) is 5.79.